The maximum atomic E-state index is 10.8. The van der Waals surface area contributed by atoms with Gasteiger partial charge in [-0.2, -0.15) is 0 Å². The second-order valence-electron chi connectivity index (χ2n) is 3.58. The Morgan fingerprint density at radius 2 is 2.50 bits per heavy atom. The molecule has 64 valence electrons. The van der Waals surface area contributed by atoms with Gasteiger partial charge in [-0.05, 0) is 30.7 Å². The molecule has 0 aromatic rings. The Balaban J connectivity index is 2.14. The Labute approximate surface area is 69.0 Å². The Morgan fingerprint density at radius 1 is 1.75 bits per heavy atom. The summed E-state index contributed by atoms with van der Waals surface area (Å²) in [4.78, 5) is 13.5. The molecule has 0 aromatic heterocycles. The van der Waals surface area contributed by atoms with E-state index in [0.717, 1.165) is 6.42 Å². The van der Waals surface area contributed by atoms with Crippen LogP contribution in [-0.4, -0.2) is 17.1 Å². The van der Waals surface area contributed by atoms with Gasteiger partial charge in [0.15, 0.2) is 0 Å². The Kier molecular flexibility index (Phi) is 1.32. The number of hydrogen-bond acceptors (Lipinski definition) is 2. The van der Waals surface area contributed by atoms with Crippen LogP contribution < -0.4 is 0 Å². The van der Waals surface area contributed by atoms with Crippen molar-refractivity contribution in [3.05, 3.63) is 10.4 Å². The highest BCUT2D eigenvalue weighted by atomic mass is 16.4. The van der Waals surface area contributed by atoms with Gasteiger partial charge in [-0.15, -0.1) is 0 Å². The minimum absolute atomic E-state index is 0.0638. The molecule has 2 saturated carbocycles. The molecule has 0 radical (unpaired) electrons. The fraction of sp³-hybridized carbons (Fsp3) is 0.857. The minimum atomic E-state index is -0.719. The first kappa shape index (κ1) is 7.43. The zero-order valence-corrected chi connectivity index (χ0v) is 6.47. The molecule has 0 aliphatic heterocycles. The van der Waals surface area contributed by atoms with Crippen LogP contribution in [0, 0.1) is 11.3 Å². The third kappa shape index (κ3) is 0.741. The predicted octanol–water partition coefficient (Wildman–Crippen LogP) is 1.55. The van der Waals surface area contributed by atoms with Crippen LogP contribution in [0.3, 0.4) is 0 Å². The van der Waals surface area contributed by atoms with E-state index >= 15 is 0 Å². The van der Waals surface area contributed by atoms with Crippen molar-refractivity contribution in [2.24, 2.45) is 16.4 Å². The monoisotopic (exact) mass is 167 g/mol. The van der Waals surface area contributed by atoms with Gasteiger partial charge < -0.3 is 5.11 Å². The smallest absolute Gasteiger partial charge is 0.309 e. The molecule has 2 aliphatic rings. The van der Waals surface area contributed by atoms with E-state index in [2.05, 4.69) is 10.0 Å². The number of rotatable bonds is 2. The molecule has 1 N–H and O–H groups in total. The number of azide groups is 1. The van der Waals surface area contributed by atoms with Crippen molar-refractivity contribution in [1.82, 2.24) is 0 Å². The molecular formula is C7H9N3O2. The highest BCUT2D eigenvalue weighted by Gasteiger charge is 2.66. The van der Waals surface area contributed by atoms with Gasteiger partial charge >= 0.3 is 5.97 Å². The summed E-state index contributed by atoms with van der Waals surface area (Å²) < 4.78 is 0. The van der Waals surface area contributed by atoms with Gasteiger partial charge in [0.2, 0.25) is 0 Å². The van der Waals surface area contributed by atoms with Crippen molar-refractivity contribution in [3.8, 4) is 0 Å². The van der Waals surface area contributed by atoms with E-state index in [4.69, 9.17) is 10.6 Å². The van der Waals surface area contributed by atoms with Crippen LogP contribution in [-0.2, 0) is 4.79 Å². The summed E-state index contributed by atoms with van der Waals surface area (Å²) in [6, 6.07) is -0.0638. The molecule has 0 saturated heterocycles. The lowest BCUT2D eigenvalue weighted by molar-refractivity contribution is -0.143. The summed E-state index contributed by atoms with van der Waals surface area (Å²) in [7, 11) is 0. The molecule has 2 fully saturated rings. The summed E-state index contributed by atoms with van der Waals surface area (Å²) in [6.45, 7) is 0. The number of aliphatic carboxylic acids is 1. The Bertz CT molecular complexity index is 284. The molecular weight excluding hydrogens is 158 g/mol. The molecule has 12 heavy (non-hydrogen) atoms. The first-order valence-corrected chi connectivity index (χ1v) is 3.98. The maximum Gasteiger partial charge on any atom is 0.309 e. The third-order valence-electron chi connectivity index (χ3n) is 3.11. The van der Waals surface area contributed by atoms with E-state index in [1.54, 1.807) is 0 Å². The first-order valence-electron chi connectivity index (χ1n) is 3.98. The predicted molar refractivity (Wildman–Crippen MR) is 40.3 cm³/mol. The lowest BCUT2D eigenvalue weighted by atomic mass is 10.1. The van der Waals surface area contributed by atoms with Crippen molar-refractivity contribution in [2.75, 3.05) is 0 Å². The van der Waals surface area contributed by atoms with Crippen LogP contribution in [0.15, 0.2) is 5.11 Å². The van der Waals surface area contributed by atoms with Crippen LogP contribution >= 0.6 is 0 Å². The van der Waals surface area contributed by atoms with Crippen molar-refractivity contribution in [1.29, 1.82) is 0 Å². The SMILES string of the molecule is [N-]=[N+]=N[C@@H]1CC[C@@]2(C(=O)O)C[C@@H]12. The number of carboxylic acids is 1. The standard InChI is InChI=1S/C7H9N3O2/c8-10-9-5-1-2-7(6(11)12)3-4(5)7/h4-5H,1-3H2,(H,11,12)/t4-,5+,7+/m0/s1. The number of fused-ring (bicyclic) bond motifs is 1. The first-order chi connectivity index (χ1) is 5.70. The maximum absolute atomic E-state index is 10.8. The summed E-state index contributed by atoms with van der Waals surface area (Å²) in [5.41, 5.74) is 7.68. The van der Waals surface area contributed by atoms with Gasteiger partial charge in [0.05, 0.1) is 5.41 Å². The number of carbonyl (C=O) groups is 1. The van der Waals surface area contributed by atoms with E-state index in [9.17, 15) is 4.79 Å². The summed E-state index contributed by atoms with van der Waals surface area (Å²) in [5, 5.41) is 12.5. The van der Waals surface area contributed by atoms with E-state index in [1.165, 1.54) is 0 Å². The Hall–Kier alpha value is -1.22. The average Bonchev–Trinajstić information content (AvgIpc) is 2.67. The highest BCUT2D eigenvalue weighted by molar-refractivity contribution is 5.79. The Morgan fingerprint density at radius 3 is 2.92 bits per heavy atom. The van der Waals surface area contributed by atoms with Gasteiger partial charge in [0.1, 0.15) is 0 Å². The topological polar surface area (TPSA) is 86.1 Å². The van der Waals surface area contributed by atoms with Crippen molar-refractivity contribution >= 4 is 5.97 Å². The zero-order valence-electron chi connectivity index (χ0n) is 6.47. The summed E-state index contributed by atoms with van der Waals surface area (Å²) in [6.07, 6.45) is 2.11. The van der Waals surface area contributed by atoms with Crippen molar-refractivity contribution in [2.45, 2.75) is 25.3 Å². The molecule has 2 rings (SSSR count). The van der Waals surface area contributed by atoms with Gasteiger partial charge in [0.25, 0.3) is 0 Å². The average molecular weight is 167 g/mol. The highest BCUT2D eigenvalue weighted by Crippen LogP contribution is 2.64. The lowest BCUT2D eigenvalue weighted by Gasteiger charge is -2.01. The second kappa shape index (κ2) is 2.14. The second-order valence-corrected chi connectivity index (χ2v) is 3.58. The lowest BCUT2D eigenvalue weighted by Crippen LogP contribution is -2.13. The summed E-state index contributed by atoms with van der Waals surface area (Å²) in [5.74, 6) is -0.603. The van der Waals surface area contributed by atoms with Crippen LogP contribution in [0.2, 0.25) is 0 Å². The van der Waals surface area contributed by atoms with Crippen LogP contribution in [0.5, 0.6) is 0 Å². The number of hydrogen-bond donors (Lipinski definition) is 1. The molecule has 0 unspecified atom stereocenters. The fourth-order valence-electron chi connectivity index (χ4n) is 2.29. The molecule has 0 heterocycles. The molecule has 3 atom stereocenters. The van der Waals surface area contributed by atoms with E-state index < -0.39 is 11.4 Å². The van der Waals surface area contributed by atoms with Crippen LogP contribution in [0.4, 0.5) is 0 Å². The molecule has 5 nitrogen and oxygen atoms in total. The van der Waals surface area contributed by atoms with Crippen molar-refractivity contribution < 1.29 is 9.90 Å². The third-order valence-corrected chi connectivity index (χ3v) is 3.11. The van der Waals surface area contributed by atoms with E-state index in [0.29, 0.717) is 12.8 Å². The van der Waals surface area contributed by atoms with Crippen LogP contribution in [0.1, 0.15) is 19.3 Å². The zero-order chi connectivity index (χ0) is 8.77. The van der Waals surface area contributed by atoms with Gasteiger partial charge in [0, 0.05) is 11.0 Å². The molecule has 0 aromatic carbocycles. The van der Waals surface area contributed by atoms with Gasteiger partial charge in [-0.25, -0.2) is 0 Å². The molecule has 0 spiro atoms. The molecule has 0 bridgehead atoms. The molecule has 0 amide bonds. The van der Waals surface area contributed by atoms with E-state index in [1.807, 2.05) is 0 Å². The minimum Gasteiger partial charge on any atom is -0.481 e. The molecule has 2 aliphatic carbocycles. The summed E-state index contributed by atoms with van der Waals surface area (Å²) >= 11 is 0. The van der Waals surface area contributed by atoms with Crippen LogP contribution in [0.25, 0.3) is 10.4 Å². The van der Waals surface area contributed by atoms with Crippen molar-refractivity contribution in [3.63, 3.8) is 0 Å². The number of carboxylic acid groups (broad SMARTS) is 1. The number of nitrogens with zero attached hydrogens (tertiary/aromatic N) is 3. The largest absolute Gasteiger partial charge is 0.481 e. The van der Waals surface area contributed by atoms with E-state index in [-0.39, 0.29) is 12.0 Å². The van der Waals surface area contributed by atoms with Gasteiger partial charge in [-0.1, -0.05) is 5.11 Å². The van der Waals surface area contributed by atoms with Gasteiger partial charge in [-0.3, -0.25) is 4.79 Å². The quantitative estimate of drug-likeness (QED) is 0.384. The normalized spacial score (nSPS) is 43.0. The fourth-order valence-corrected chi connectivity index (χ4v) is 2.29. The molecule has 5 heteroatoms.